The second kappa shape index (κ2) is 14.8. The normalized spacial score (nSPS) is 17.7. The van der Waals surface area contributed by atoms with Gasteiger partial charge in [-0.05, 0) is 71.3 Å². The third-order valence-electron chi connectivity index (χ3n) is 7.40. The first kappa shape index (κ1) is 33.6. The average Bonchev–Trinajstić information content (AvgIpc) is 3.43. The van der Waals surface area contributed by atoms with Gasteiger partial charge in [-0.15, -0.1) is 0 Å². The maximum atomic E-state index is 14.3. The van der Waals surface area contributed by atoms with E-state index >= 15 is 0 Å². The monoisotopic (exact) mass is 759 g/mol. The number of nitrogens with one attached hydrogen (secondary N) is 2. The van der Waals surface area contributed by atoms with Crippen LogP contribution in [0.2, 0.25) is 0 Å². The minimum Gasteiger partial charge on any atom is -0.494 e. The number of carbonyl (C=O) groups excluding carboxylic acids is 1. The quantitative estimate of drug-likeness (QED) is 0.104. The van der Waals surface area contributed by atoms with Gasteiger partial charge in [-0.1, -0.05) is 74.3 Å². The molecule has 0 aromatic heterocycles. The minimum atomic E-state index is -4.44. The number of nitrogens with zero attached hydrogens (tertiary/aromatic N) is 1. The Morgan fingerprint density at radius 2 is 1.65 bits per heavy atom. The molecule has 4 aromatic carbocycles. The number of hydrazine groups is 1. The van der Waals surface area contributed by atoms with Gasteiger partial charge in [-0.2, -0.15) is 13.2 Å². The summed E-state index contributed by atoms with van der Waals surface area (Å²) >= 11 is 7.08. The summed E-state index contributed by atoms with van der Waals surface area (Å²) in [6.45, 7) is 0.474. The third-order valence-corrected chi connectivity index (χ3v) is 8.70. The highest BCUT2D eigenvalue weighted by Gasteiger charge is 2.53. The van der Waals surface area contributed by atoms with Crippen LogP contribution < -0.4 is 15.6 Å². The second-order valence-electron chi connectivity index (χ2n) is 10.6. The molecule has 0 unspecified atom stereocenters. The predicted octanol–water partition coefficient (Wildman–Crippen LogP) is 7.31. The fourth-order valence-corrected chi connectivity index (χ4v) is 5.69. The molecule has 46 heavy (non-hydrogen) atoms. The van der Waals surface area contributed by atoms with Crippen LogP contribution in [0.3, 0.4) is 0 Å². The second-order valence-corrected chi connectivity index (χ2v) is 12.4. The molecule has 1 aliphatic heterocycles. The van der Waals surface area contributed by atoms with Gasteiger partial charge in [0.1, 0.15) is 5.75 Å². The Bertz CT molecular complexity index is 1670. The lowest BCUT2D eigenvalue weighted by Gasteiger charge is -2.31. The molecular formula is C34H30Br2F3N3O4. The summed E-state index contributed by atoms with van der Waals surface area (Å²) in [4.78, 5) is 19.3. The smallest absolute Gasteiger partial charge is 0.416 e. The number of halogens is 5. The van der Waals surface area contributed by atoms with Gasteiger partial charge in [0.15, 0.2) is 11.6 Å². The fourth-order valence-electron chi connectivity index (χ4n) is 5.00. The van der Waals surface area contributed by atoms with Crippen LogP contribution in [-0.4, -0.2) is 35.7 Å². The SMILES string of the molecule is O=C(NNCc1ccc(C(F)(F)F)cc1)[C@@]1(Cc2ccccc2Br)N=C(c2ccc(OCCCO)cc2)O[C@H]1c1ccc(Br)cc1. The van der Waals surface area contributed by atoms with Gasteiger partial charge in [-0.25, -0.2) is 10.4 Å². The maximum absolute atomic E-state index is 14.3. The zero-order valence-corrected chi connectivity index (χ0v) is 27.5. The van der Waals surface area contributed by atoms with Crippen LogP contribution in [0, 0.1) is 0 Å². The molecule has 0 aliphatic carbocycles. The lowest BCUT2D eigenvalue weighted by atomic mass is 9.82. The van der Waals surface area contributed by atoms with Crippen molar-refractivity contribution < 1.29 is 32.5 Å². The van der Waals surface area contributed by atoms with Gasteiger partial charge < -0.3 is 14.6 Å². The molecule has 1 heterocycles. The Hall–Kier alpha value is -3.71. The zero-order valence-electron chi connectivity index (χ0n) is 24.4. The molecule has 240 valence electrons. The summed E-state index contributed by atoms with van der Waals surface area (Å²) in [7, 11) is 0. The number of rotatable bonds is 12. The van der Waals surface area contributed by atoms with Crippen molar-refractivity contribution in [1.29, 1.82) is 0 Å². The third kappa shape index (κ3) is 7.98. The number of aliphatic hydroxyl groups is 1. The van der Waals surface area contributed by atoms with Crippen molar-refractivity contribution in [3.63, 3.8) is 0 Å². The minimum absolute atomic E-state index is 0.0288. The molecule has 0 fully saturated rings. The van der Waals surface area contributed by atoms with Gasteiger partial charge in [0, 0.05) is 40.5 Å². The van der Waals surface area contributed by atoms with Crippen LogP contribution in [0.15, 0.2) is 111 Å². The van der Waals surface area contributed by atoms with Crippen molar-refractivity contribution in [2.75, 3.05) is 13.2 Å². The van der Waals surface area contributed by atoms with E-state index in [0.29, 0.717) is 29.9 Å². The van der Waals surface area contributed by atoms with Crippen LogP contribution in [0.25, 0.3) is 0 Å². The summed E-state index contributed by atoms with van der Waals surface area (Å²) in [6, 6.07) is 26.8. The first-order valence-electron chi connectivity index (χ1n) is 14.4. The van der Waals surface area contributed by atoms with E-state index in [0.717, 1.165) is 32.2 Å². The van der Waals surface area contributed by atoms with E-state index in [4.69, 9.17) is 19.6 Å². The number of aliphatic hydroxyl groups excluding tert-OH is 1. The molecule has 2 atom stereocenters. The van der Waals surface area contributed by atoms with E-state index in [2.05, 4.69) is 42.7 Å². The molecule has 7 nitrogen and oxygen atoms in total. The molecule has 0 saturated carbocycles. The molecule has 0 spiro atoms. The van der Waals surface area contributed by atoms with Crippen molar-refractivity contribution >= 4 is 43.7 Å². The van der Waals surface area contributed by atoms with Crippen molar-refractivity contribution in [1.82, 2.24) is 10.9 Å². The molecule has 4 aromatic rings. The average molecular weight is 761 g/mol. The van der Waals surface area contributed by atoms with E-state index in [1.165, 1.54) is 12.1 Å². The topological polar surface area (TPSA) is 92.2 Å². The molecule has 3 N–H and O–H groups in total. The van der Waals surface area contributed by atoms with Crippen molar-refractivity contribution in [3.05, 3.63) is 134 Å². The van der Waals surface area contributed by atoms with Crippen LogP contribution in [0.5, 0.6) is 5.75 Å². The van der Waals surface area contributed by atoms with Crippen molar-refractivity contribution in [2.24, 2.45) is 4.99 Å². The number of hydrogen-bond acceptors (Lipinski definition) is 6. The highest BCUT2D eigenvalue weighted by atomic mass is 79.9. The van der Waals surface area contributed by atoms with E-state index in [9.17, 15) is 18.0 Å². The van der Waals surface area contributed by atoms with Crippen molar-refractivity contribution in [2.45, 2.75) is 37.2 Å². The van der Waals surface area contributed by atoms with Crippen LogP contribution in [-0.2, 0) is 28.7 Å². The summed E-state index contributed by atoms with van der Waals surface area (Å²) < 4.78 is 52.9. The van der Waals surface area contributed by atoms with Gasteiger partial charge in [0.25, 0.3) is 5.91 Å². The highest BCUT2D eigenvalue weighted by molar-refractivity contribution is 9.10. The Morgan fingerprint density at radius 1 is 0.957 bits per heavy atom. The molecule has 0 bridgehead atoms. The molecule has 5 rings (SSSR count). The number of alkyl halides is 3. The maximum Gasteiger partial charge on any atom is 0.416 e. The van der Waals surface area contributed by atoms with E-state index in [1.54, 1.807) is 24.3 Å². The predicted molar refractivity (Wildman–Crippen MR) is 175 cm³/mol. The van der Waals surface area contributed by atoms with Crippen LogP contribution in [0.4, 0.5) is 13.2 Å². The Labute approximate surface area is 281 Å². The molecule has 0 radical (unpaired) electrons. The van der Waals surface area contributed by atoms with Gasteiger partial charge in [0.05, 0.1) is 12.2 Å². The Balaban J connectivity index is 1.48. The summed E-state index contributed by atoms with van der Waals surface area (Å²) in [5.41, 5.74) is 6.11. The fraction of sp³-hybridized carbons (Fsp3) is 0.235. The van der Waals surface area contributed by atoms with Crippen molar-refractivity contribution in [3.8, 4) is 5.75 Å². The molecule has 1 amide bonds. The summed E-state index contributed by atoms with van der Waals surface area (Å²) in [5.74, 6) is 0.395. The Kier molecular flexibility index (Phi) is 10.8. The standard InChI is InChI=1S/C34H30Br2F3N3O4/c35-27-14-8-23(9-15-27)30-33(20-25-4-1-2-5-29(25)36,32(44)42-40-21-22-6-12-26(13-7-22)34(37,38)39)41-31(46-30)24-10-16-28(17-11-24)45-19-3-18-43/h1-2,4-17,30,40,43H,3,18-21H2,(H,42,44)/t30-,33-/m0/s1. The lowest BCUT2D eigenvalue weighted by molar-refractivity contribution is -0.137. The van der Waals surface area contributed by atoms with E-state index in [1.807, 2.05) is 48.5 Å². The number of amides is 1. The van der Waals surface area contributed by atoms with Gasteiger partial charge in [-0.3, -0.25) is 10.2 Å². The first-order valence-corrected chi connectivity index (χ1v) is 16.0. The number of hydrogen-bond donors (Lipinski definition) is 3. The number of benzene rings is 4. The summed E-state index contributed by atoms with van der Waals surface area (Å²) in [5, 5.41) is 9.04. The van der Waals surface area contributed by atoms with Crippen LogP contribution >= 0.6 is 31.9 Å². The Morgan fingerprint density at radius 3 is 2.30 bits per heavy atom. The first-order chi connectivity index (χ1) is 22.1. The molecule has 12 heteroatoms. The summed E-state index contributed by atoms with van der Waals surface area (Å²) in [6.07, 6.45) is -4.61. The highest BCUT2D eigenvalue weighted by Crippen LogP contribution is 2.43. The van der Waals surface area contributed by atoms with Gasteiger partial charge in [0.2, 0.25) is 5.90 Å². The number of ether oxygens (including phenoxy) is 2. The number of carbonyl (C=O) groups is 1. The van der Waals surface area contributed by atoms with Gasteiger partial charge >= 0.3 is 6.18 Å². The molecule has 1 aliphatic rings. The molecule has 0 saturated heterocycles. The van der Waals surface area contributed by atoms with Crippen LogP contribution in [0.1, 0.15) is 40.3 Å². The van der Waals surface area contributed by atoms with E-state index in [-0.39, 0.29) is 25.5 Å². The lowest BCUT2D eigenvalue weighted by Crippen LogP contribution is -2.53. The van der Waals surface area contributed by atoms with E-state index < -0.39 is 29.3 Å². The number of aliphatic imine (C=N–C) groups is 1. The zero-order chi connectivity index (χ0) is 32.7. The molecular weight excluding hydrogens is 731 g/mol. The largest absolute Gasteiger partial charge is 0.494 e.